The number of nitrogens with zero attached hydrogens (tertiary/aromatic N) is 2. The molecule has 0 bridgehead atoms. The van der Waals surface area contributed by atoms with Gasteiger partial charge in [0.1, 0.15) is 11.5 Å². The van der Waals surface area contributed by atoms with Crippen molar-refractivity contribution < 1.29 is 14.3 Å². The minimum absolute atomic E-state index is 0.00708. The molecule has 1 aliphatic heterocycles. The Morgan fingerprint density at radius 3 is 2.75 bits per heavy atom. The lowest BCUT2D eigenvalue weighted by atomic mass is 10.0. The maximum Gasteiger partial charge on any atom is 0.230 e. The minimum Gasteiger partial charge on any atom is -0.508 e. The largest absolute Gasteiger partial charge is 0.508 e. The van der Waals surface area contributed by atoms with Crippen LogP contribution in [0, 0.1) is 0 Å². The molecule has 146 valence electrons. The smallest absolute Gasteiger partial charge is 0.230 e. The Hall–Kier alpha value is -2.79. The van der Waals surface area contributed by atoms with E-state index in [0.717, 1.165) is 36.0 Å². The van der Waals surface area contributed by atoms with Gasteiger partial charge >= 0.3 is 0 Å². The second-order valence-electron chi connectivity index (χ2n) is 7.55. The molecule has 3 aromatic rings. The first-order valence-corrected chi connectivity index (χ1v) is 9.84. The van der Waals surface area contributed by atoms with Gasteiger partial charge in [-0.05, 0) is 43.6 Å². The van der Waals surface area contributed by atoms with Gasteiger partial charge in [-0.1, -0.05) is 36.4 Å². The van der Waals surface area contributed by atoms with E-state index in [1.165, 1.54) is 12.8 Å². The highest BCUT2D eigenvalue weighted by atomic mass is 16.3. The number of carbonyl (C=O) groups excluding carboxylic acids is 1. The molecule has 5 nitrogen and oxygen atoms in total. The summed E-state index contributed by atoms with van der Waals surface area (Å²) < 4.78 is 5.68. The molecule has 28 heavy (non-hydrogen) atoms. The molecule has 0 saturated carbocycles. The van der Waals surface area contributed by atoms with Crippen molar-refractivity contribution in [1.29, 1.82) is 0 Å². The lowest BCUT2D eigenvalue weighted by Gasteiger charge is -2.32. The SMILES string of the molecule is CN(C(=O)Cc1occ2ccccc12)[C@H](CN1CCCC1)c1cccc(O)c1. The molecule has 0 radical (unpaired) electrons. The van der Waals surface area contributed by atoms with Gasteiger partial charge in [0.05, 0.1) is 18.7 Å². The predicted molar refractivity (Wildman–Crippen MR) is 109 cm³/mol. The van der Waals surface area contributed by atoms with Crippen molar-refractivity contribution >= 4 is 16.7 Å². The van der Waals surface area contributed by atoms with E-state index < -0.39 is 0 Å². The molecule has 1 aliphatic rings. The van der Waals surface area contributed by atoms with E-state index in [2.05, 4.69) is 4.90 Å². The number of furan rings is 1. The number of hydrogen-bond acceptors (Lipinski definition) is 4. The summed E-state index contributed by atoms with van der Waals surface area (Å²) in [6, 6.07) is 15.0. The van der Waals surface area contributed by atoms with Gasteiger partial charge in [0.25, 0.3) is 0 Å². The molecule has 0 spiro atoms. The number of phenolic OH excluding ortho intramolecular Hbond substituents is 1. The topological polar surface area (TPSA) is 56.9 Å². The zero-order chi connectivity index (χ0) is 19.5. The highest BCUT2D eigenvalue weighted by Crippen LogP contribution is 2.27. The molecule has 1 atom stereocenters. The zero-order valence-corrected chi connectivity index (χ0v) is 16.2. The molecule has 0 unspecified atom stereocenters. The summed E-state index contributed by atoms with van der Waals surface area (Å²) in [5, 5.41) is 11.9. The number of carbonyl (C=O) groups is 1. The van der Waals surface area contributed by atoms with Crippen molar-refractivity contribution in [2.75, 3.05) is 26.7 Å². The van der Waals surface area contributed by atoms with Gasteiger partial charge in [0.15, 0.2) is 0 Å². The molecule has 2 aromatic carbocycles. The number of amides is 1. The van der Waals surface area contributed by atoms with Crippen LogP contribution in [0.1, 0.15) is 30.2 Å². The fourth-order valence-corrected chi connectivity index (χ4v) is 4.02. The van der Waals surface area contributed by atoms with E-state index >= 15 is 0 Å². The maximum absolute atomic E-state index is 13.1. The van der Waals surface area contributed by atoms with Gasteiger partial charge in [-0.25, -0.2) is 0 Å². The third-order valence-electron chi connectivity index (χ3n) is 5.65. The van der Waals surface area contributed by atoms with Gasteiger partial charge in [0.2, 0.25) is 5.91 Å². The molecule has 0 aliphatic carbocycles. The van der Waals surface area contributed by atoms with Crippen molar-refractivity contribution in [2.45, 2.75) is 25.3 Å². The molecule has 5 heteroatoms. The Kier molecular flexibility index (Phi) is 5.35. The van der Waals surface area contributed by atoms with Crippen molar-refractivity contribution in [3.63, 3.8) is 0 Å². The van der Waals surface area contributed by atoms with Crippen LogP contribution in [-0.4, -0.2) is 47.5 Å². The number of hydrogen-bond donors (Lipinski definition) is 1. The van der Waals surface area contributed by atoms with E-state index in [1.807, 2.05) is 43.4 Å². The summed E-state index contributed by atoms with van der Waals surface area (Å²) in [7, 11) is 1.85. The van der Waals surface area contributed by atoms with Crippen molar-refractivity contribution in [1.82, 2.24) is 9.80 Å². The summed E-state index contributed by atoms with van der Waals surface area (Å²) in [6.45, 7) is 2.88. The third-order valence-corrected chi connectivity index (χ3v) is 5.65. The average molecular weight is 378 g/mol. The quantitative estimate of drug-likeness (QED) is 0.705. The lowest BCUT2D eigenvalue weighted by Crippen LogP contribution is -2.39. The number of phenols is 1. The lowest BCUT2D eigenvalue weighted by molar-refractivity contribution is -0.132. The standard InChI is InChI=1S/C23H26N2O3/c1-24(23(27)14-22-20-10-3-2-7-18(20)16-28-22)21(15-25-11-4-5-12-25)17-8-6-9-19(26)13-17/h2-3,6-10,13,16,21,26H,4-5,11-12,14-15H2,1H3/t21-/m1/s1. The zero-order valence-electron chi connectivity index (χ0n) is 16.2. The molecule has 1 saturated heterocycles. The van der Waals surface area contributed by atoms with E-state index in [4.69, 9.17) is 4.42 Å². The number of benzene rings is 2. The van der Waals surface area contributed by atoms with Crippen molar-refractivity contribution in [3.8, 4) is 5.75 Å². The second-order valence-corrected chi connectivity index (χ2v) is 7.55. The molecular weight excluding hydrogens is 352 g/mol. The normalized spacial score (nSPS) is 15.8. The second kappa shape index (κ2) is 8.07. The van der Waals surface area contributed by atoms with E-state index in [0.29, 0.717) is 5.76 Å². The van der Waals surface area contributed by atoms with Gasteiger partial charge < -0.3 is 19.3 Å². The van der Waals surface area contributed by atoms with Crippen LogP contribution in [-0.2, 0) is 11.2 Å². The number of likely N-dealkylation sites (tertiary alicyclic amines) is 1. The van der Waals surface area contributed by atoms with Gasteiger partial charge in [-0.2, -0.15) is 0 Å². The van der Waals surface area contributed by atoms with Crippen molar-refractivity contribution in [2.24, 2.45) is 0 Å². The minimum atomic E-state index is -0.112. The third kappa shape index (κ3) is 3.90. The summed E-state index contributed by atoms with van der Waals surface area (Å²) in [5.41, 5.74) is 0.951. The van der Waals surface area contributed by atoms with Crippen LogP contribution in [0.5, 0.6) is 5.75 Å². The Balaban J connectivity index is 1.56. The van der Waals surface area contributed by atoms with Crippen LogP contribution in [0.3, 0.4) is 0 Å². The Labute approximate surface area is 165 Å². The first-order chi connectivity index (χ1) is 13.6. The molecule has 4 rings (SSSR count). The predicted octanol–water partition coefficient (Wildman–Crippen LogP) is 3.98. The molecular formula is C23H26N2O3. The summed E-state index contributed by atoms with van der Waals surface area (Å²) in [5.74, 6) is 0.928. The molecule has 1 fully saturated rings. The van der Waals surface area contributed by atoms with E-state index in [1.54, 1.807) is 23.3 Å². The van der Waals surface area contributed by atoms with Crippen LogP contribution in [0.2, 0.25) is 0 Å². The fraction of sp³-hybridized carbons (Fsp3) is 0.348. The number of aromatic hydroxyl groups is 1. The maximum atomic E-state index is 13.1. The molecule has 1 aromatic heterocycles. The number of likely N-dealkylation sites (N-methyl/N-ethyl adjacent to an activating group) is 1. The Morgan fingerprint density at radius 2 is 1.96 bits per heavy atom. The molecule has 1 amide bonds. The monoisotopic (exact) mass is 378 g/mol. The van der Waals surface area contributed by atoms with Crippen LogP contribution in [0.4, 0.5) is 0 Å². The highest BCUT2D eigenvalue weighted by Gasteiger charge is 2.26. The summed E-state index contributed by atoms with van der Waals surface area (Å²) in [4.78, 5) is 17.3. The van der Waals surface area contributed by atoms with Gasteiger partial charge in [0, 0.05) is 24.4 Å². The first-order valence-electron chi connectivity index (χ1n) is 9.84. The summed E-state index contributed by atoms with van der Waals surface area (Å²) in [6.07, 6.45) is 4.32. The van der Waals surface area contributed by atoms with Crippen molar-refractivity contribution in [3.05, 3.63) is 66.1 Å². The fourth-order valence-electron chi connectivity index (χ4n) is 4.02. The van der Waals surface area contributed by atoms with Crippen LogP contribution in [0.25, 0.3) is 10.8 Å². The first kappa shape index (κ1) is 18.6. The molecule has 1 N–H and O–H groups in total. The van der Waals surface area contributed by atoms with Crippen LogP contribution in [0.15, 0.2) is 59.2 Å². The Bertz CT molecular complexity index is 959. The van der Waals surface area contributed by atoms with Crippen LogP contribution >= 0.6 is 0 Å². The van der Waals surface area contributed by atoms with Gasteiger partial charge in [-0.15, -0.1) is 0 Å². The Morgan fingerprint density at radius 1 is 1.18 bits per heavy atom. The number of rotatable bonds is 6. The number of fused-ring (bicyclic) bond motifs is 1. The average Bonchev–Trinajstić information content (AvgIpc) is 3.36. The van der Waals surface area contributed by atoms with Crippen LogP contribution < -0.4 is 0 Å². The molecule has 2 heterocycles. The van der Waals surface area contributed by atoms with E-state index in [-0.39, 0.29) is 24.1 Å². The highest BCUT2D eigenvalue weighted by molar-refractivity contribution is 5.88. The van der Waals surface area contributed by atoms with Gasteiger partial charge in [-0.3, -0.25) is 4.79 Å². The van der Waals surface area contributed by atoms with E-state index in [9.17, 15) is 9.90 Å². The summed E-state index contributed by atoms with van der Waals surface area (Å²) >= 11 is 0.